The molecule has 6 heteroatoms. The molecule has 4 rings (SSSR count). The fourth-order valence-electron chi connectivity index (χ4n) is 4.89. The summed E-state index contributed by atoms with van der Waals surface area (Å²) >= 11 is 1.72. The molecule has 1 aromatic carbocycles. The monoisotopic (exact) mass is 429 g/mol. The number of unbranched alkanes of at least 4 members (excludes halogenated alkanes) is 1. The van der Waals surface area contributed by atoms with Gasteiger partial charge in [0.15, 0.2) is 5.13 Å². The Bertz CT molecular complexity index is 836. The van der Waals surface area contributed by atoms with Crippen molar-refractivity contribution in [3.05, 3.63) is 18.2 Å². The number of carbonyl (C=O) groups excluding carboxylic acids is 1. The molecule has 2 fully saturated rings. The Morgan fingerprint density at radius 1 is 1.13 bits per heavy atom. The Labute approximate surface area is 184 Å². The first-order valence-electron chi connectivity index (χ1n) is 11.8. The number of amides is 1. The molecule has 0 radical (unpaired) electrons. The lowest BCUT2D eigenvalue weighted by molar-refractivity contribution is -0.137. The predicted molar refractivity (Wildman–Crippen MR) is 125 cm³/mol. The lowest BCUT2D eigenvalue weighted by atomic mass is 9.79. The maximum atomic E-state index is 13.1. The van der Waals surface area contributed by atoms with Crippen LogP contribution in [-0.4, -0.2) is 48.6 Å². The average molecular weight is 430 g/mol. The molecule has 0 unspecified atom stereocenters. The van der Waals surface area contributed by atoms with E-state index in [4.69, 9.17) is 9.72 Å². The topological polar surface area (TPSA) is 45.7 Å². The smallest absolute Gasteiger partial charge is 0.225 e. The molecule has 1 aromatic heterocycles. The molecule has 1 aliphatic carbocycles. The van der Waals surface area contributed by atoms with Gasteiger partial charge in [0.05, 0.1) is 11.3 Å². The van der Waals surface area contributed by atoms with Gasteiger partial charge < -0.3 is 14.5 Å². The van der Waals surface area contributed by atoms with Crippen LogP contribution < -0.4 is 9.64 Å². The van der Waals surface area contributed by atoms with E-state index in [2.05, 4.69) is 22.8 Å². The van der Waals surface area contributed by atoms with E-state index >= 15 is 0 Å². The number of nitrogens with zero attached hydrogens (tertiary/aromatic N) is 3. The minimum Gasteiger partial charge on any atom is -0.492 e. The number of rotatable bonds is 7. The van der Waals surface area contributed by atoms with Crippen LogP contribution >= 0.6 is 11.3 Å². The number of aromatic nitrogens is 1. The van der Waals surface area contributed by atoms with E-state index in [1.165, 1.54) is 32.1 Å². The van der Waals surface area contributed by atoms with Crippen LogP contribution in [-0.2, 0) is 4.79 Å². The SMILES string of the molecule is CCCCC1CCC(C(=O)N2CCN(c3nc4c(OCC)cccc4s3)CC2)CC1. The Kier molecular flexibility index (Phi) is 7.13. The van der Waals surface area contributed by atoms with Crippen LogP contribution in [0.4, 0.5) is 5.13 Å². The van der Waals surface area contributed by atoms with Crippen LogP contribution in [0.2, 0.25) is 0 Å². The van der Waals surface area contributed by atoms with Crippen molar-refractivity contribution in [1.82, 2.24) is 9.88 Å². The highest BCUT2D eigenvalue weighted by atomic mass is 32.1. The molecule has 0 spiro atoms. The molecule has 0 bridgehead atoms. The van der Waals surface area contributed by atoms with E-state index in [0.717, 1.165) is 66.0 Å². The first-order valence-corrected chi connectivity index (χ1v) is 12.6. The third-order valence-electron chi connectivity index (χ3n) is 6.69. The molecule has 2 aromatic rings. The van der Waals surface area contributed by atoms with Crippen LogP contribution in [0.15, 0.2) is 18.2 Å². The van der Waals surface area contributed by atoms with Gasteiger partial charge in [-0.05, 0) is 50.7 Å². The standard InChI is InChI=1S/C24H35N3O2S/c1-3-5-7-18-10-12-19(13-11-18)23(28)26-14-16-27(17-15-26)24-25-22-20(29-4-2)8-6-9-21(22)30-24/h6,8-9,18-19H,3-5,7,10-17H2,1-2H3. The number of benzene rings is 1. The van der Waals surface area contributed by atoms with Gasteiger partial charge in [-0.25, -0.2) is 4.98 Å². The summed E-state index contributed by atoms with van der Waals surface area (Å²) < 4.78 is 6.90. The van der Waals surface area contributed by atoms with Gasteiger partial charge in [-0.3, -0.25) is 4.79 Å². The number of fused-ring (bicyclic) bond motifs is 1. The van der Waals surface area contributed by atoms with E-state index in [1.807, 2.05) is 19.1 Å². The summed E-state index contributed by atoms with van der Waals surface area (Å²) in [5.74, 6) is 2.37. The minimum absolute atomic E-state index is 0.255. The lowest BCUT2D eigenvalue weighted by Gasteiger charge is -2.37. The van der Waals surface area contributed by atoms with Crippen molar-refractivity contribution >= 4 is 32.6 Å². The molecule has 164 valence electrons. The highest BCUT2D eigenvalue weighted by Crippen LogP contribution is 2.35. The third kappa shape index (κ3) is 4.74. The molecular weight excluding hydrogens is 394 g/mol. The Morgan fingerprint density at radius 3 is 2.60 bits per heavy atom. The Morgan fingerprint density at radius 2 is 1.90 bits per heavy atom. The summed E-state index contributed by atoms with van der Waals surface area (Å²) in [5, 5.41) is 1.04. The number of hydrogen-bond acceptors (Lipinski definition) is 5. The number of piperazine rings is 1. The van der Waals surface area contributed by atoms with Crippen molar-refractivity contribution < 1.29 is 9.53 Å². The number of anilines is 1. The maximum absolute atomic E-state index is 13.1. The predicted octanol–water partition coefficient (Wildman–Crippen LogP) is 5.34. The van der Waals surface area contributed by atoms with Crippen molar-refractivity contribution in [3.8, 4) is 5.75 Å². The zero-order valence-corrected chi connectivity index (χ0v) is 19.3. The first-order chi connectivity index (χ1) is 14.7. The van der Waals surface area contributed by atoms with E-state index < -0.39 is 0 Å². The third-order valence-corrected chi connectivity index (χ3v) is 7.78. The summed E-state index contributed by atoms with van der Waals surface area (Å²) in [6, 6.07) is 6.13. The second-order valence-corrected chi connectivity index (χ2v) is 9.71. The number of para-hydroxylation sites is 1. The van der Waals surface area contributed by atoms with Gasteiger partial charge in [0, 0.05) is 32.1 Å². The molecular formula is C24H35N3O2S. The zero-order chi connectivity index (χ0) is 20.9. The zero-order valence-electron chi connectivity index (χ0n) is 18.4. The van der Waals surface area contributed by atoms with E-state index in [-0.39, 0.29) is 5.92 Å². The highest BCUT2D eigenvalue weighted by molar-refractivity contribution is 7.22. The minimum atomic E-state index is 0.255. The number of hydrogen-bond donors (Lipinski definition) is 0. The van der Waals surface area contributed by atoms with Crippen LogP contribution in [0, 0.1) is 11.8 Å². The number of carbonyl (C=O) groups is 1. The molecule has 1 saturated carbocycles. The molecule has 30 heavy (non-hydrogen) atoms. The summed E-state index contributed by atoms with van der Waals surface area (Å²) in [6.45, 7) is 8.25. The van der Waals surface area contributed by atoms with Gasteiger partial charge in [0.1, 0.15) is 11.3 Å². The summed E-state index contributed by atoms with van der Waals surface area (Å²) in [6.07, 6.45) is 8.63. The molecule has 5 nitrogen and oxygen atoms in total. The molecule has 0 N–H and O–H groups in total. The van der Waals surface area contributed by atoms with Crippen molar-refractivity contribution in [1.29, 1.82) is 0 Å². The van der Waals surface area contributed by atoms with Gasteiger partial charge in [-0.15, -0.1) is 0 Å². The van der Waals surface area contributed by atoms with Gasteiger partial charge in [0.2, 0.25) is 5.91 Å². The molecule has 1 saturated heterocycles. The summed E-state index contributed by atoms with van der Waals surface area (Å²) in [7, 11) is 0. The first kappa shape index (κ1) is 21.4. The summed E-state index contributed by atoms with van der Waals surface area (Å²) in [5.41, 5.74) is 0.956. The molecule has 2 heterocycles. The fourth-order valence-corrected chi connectivity index (χ4v) is 5.92. The molecule has 0 atom stereocenters. The van der Waals surface area contributed by atoms with Gasteiger partial charge in [-0.1, -0.05) is 43.6 Å². The second-order valence-electron chi connectivity index (χ2n) is 8.70. The summed E-state index contributed by atoms with van der Waals surface area (Å²) in [4.78, 5) is 22.3. The number of thiazole rings is 1. The van der Waals surface area contributed by atoms with Crippen LogP contribution in [0.5, 0.6) is 5.75 Å². The maximum Gasteiger partial charge on any atom is 0.225 e. The van der Waals surface area contributed by atoms with Crippen molar-refractivity contribution in [2.45, 2.75) is 58.8 Å². The second kappa shape index (κ2) is 9.99. The molecule has 1 amide bonds. The van der Waals surface area contributed by atoms with E-state index in [1.54, 1.807) is 11.3 Å². The Hall–Kier alpha value is -1.82. The highest BCUT2D eigenvalue weighted by Gasteiger charge is 2.31. The van der Waals surface area contributed by atoms with Crippen LogP contribution in [0.25, 0.3) is 10.2 Å². The molecule has 2 aliphatic rings. The van der Waals surface area contributed by atoms with Crippen LogP contribution in [0.3, 0.4) is 0 Å². The van der Waals surface area contributed by atoms with Gasteiger partial charge in [-0.2, -0.15) is 0 Å². The average Bonchev–Trinajstić information content (AvgIpc) is 3.23. The largest absolute Gasteiger partial charge is 0.492 e. The van der Waals surface area contributed by atoms with Gasteiger partial charge >= 0.3 is 0 Å². The Balaban J connectivity index is 1.31. The normalized spacial score (nSPS) is 22.5. The number of ether oxygens (including phenoxy) is 1. The van der Waals surface area contributed by atoms with Crippen molar-refractivity contribution in [2.24, 2.45) is 11.8 Å². The molecule has 1 aliphatic heterocycles. The fraction of sp³-hybridized carbons (Fsp3) is 0.667. The van der Waals surface area contributed by atoms with Crippen LogP contribution in [0.1, 0.15) is 58.8 Å². The van der Waals surface area contributed by atoms with Gasteiger partial charge in [0.25, 0.3) is 0 Å². The van der Waals surface area contributed by atoms with E-state index in [0.29, 0.717) is 12.5 Å². The van der Waals surface area contributed by atoms with Crippen molar-refractivity contribution in [3.63, 3.8) is 0 Å². The lowest BCUT2D eigenvalue weighted by Crippen LogP contribution is -2.50. The van der Waals surface area contributed by atoms with E-state index in [9.17, 15) is 4.79 Å². The quantitative estimate of drug-likeness (QED) is 0.596. The van der Waals surface area contributed by atoms with Crippen molar-refractivity contribution in [2.75, 3.05) is 37.7 Å².